The molecule has 66 valence electrons. The second kappa shape index (κ2) is 5.04. The fourth-order valence-corrected chi connectivity index (χ4v) is 0.579. The maximum Gasteiger partial charge on any atom is 0.329 e. The molecule has 1 N–H and O–H groups in total. The third-order valence-corrected chi connectivity index (χ3v) is 1.32. The Morgan fingerprint density at radius 1 is 1.45 bits per heavy atom. The van der Waals surface area contributed by atoms with E-state index in [2.05, 4.69) is 4.74 Å². The first-order chi connectivity index (χ1) is 4.92. The predicted octanol–water partition coefficient (Wildman–Crippen LogP) is 1.85. The van der Waals surface area contributed by atoms with Gasteiger partial charge in [-0.2, -0.15) is 0 Å². The summed E-state index contributed by atoms with van der Waals surface area (Å²) in [6.45, 7) is -0.233. The van der Waals surface area contributed by atoms with Crippen molar-refractivity contribution in [2.45, 2.75) is 10.2 Å². The van der Waals surface area contributed by atoms with Gasteiger partial charge in [0.15, 0.2) is 3.79 Å². The Bertz CT molecular complexity index is 131. The van der Waals surface area contributed by atoms with Crippen molar-refractivity contribution in [2.24, 2.45) is 0 Å². The number of ether oxygens (including phenoxy) is 1. The minimum absolute atomic E-state index is 0.128. The first-order valence-corrected chi connectivity index (χ1v) is 3.91. The molecule has 0 atom stereocenters. The fourth-order valence-electron chi connectivity index (χ4n) is 0.347. The zero-order valence-electron chi connectivity index (χ0n) is 5.52. The van der Waals surface area contributed by atoms with E-state index in [1.54, 1.807) is 0 Å². The number of hydrogen-bond acceptors (Lipinski definition) is 2. The molecule has 0 rings (SSSR count). The molecule has 0 fully saturated rings. The van der Waals surface area contributed by atoms with Crippen LogP contribution in [0.2, 0.25) is 0 Å². The molecule has 0 bridgehead atoms. The van der Waals surface area contributed by atoms with E-state index in [1.165, 1.54) is 0 Å². The van der Waals surface area contributed by atoms with Crippen molar-refractivity contribution in [1.82, 2.24) is 0 Å². The molecular formula is C5H7Cl3O3. The number of aliphatic carboxylic acids is 1. The van der Waals surface area contributed by atoms with E-state index in [0.717, 1.165) is 0 Å². The lowest BCUT2D eigenvalue weighted by Crippen LogP contribution is -2.12. The molecule has 0 aliphatic rings. The average Bonchev–Trinajstić information content (AvgIpc) is 1.78. The molecule has 0 amide bonds. The Labute approximate surface area is 79.2 Å². The molecule has 0 saturated carbocycles. The van der Waals surface area contributed by atoms with Crippen LogP contribution in [0.5, 0.6) is 0 Å². The standard InChI is InChI=1S/C5H7Cl3O3/c6-5(7,8)1-2-11-3-4(9)10/h1-3H2,(H,9,10). The summed E-state index contributed by atoms with van der Waals surface area (Å²) in [5.41, 5.74) is 0. The van der Waals surface area contributed by atoms with Gasteiger partial charge in [0.1, 0.15) is 6.61 Å². The number of carboxylic acid groups (broad SMARTS) is 1. The lowest BCUT2D eigenvalue weighted by Gasteiger charge is -2.09. The molecule has 0 aromatic carbocycles. The van der Waals surface area contributed by atoms with Crippen LogP contribution in [0.15, 0.2) is 0 Å². The maximum atomic E-state index is 9.90. The molecule has 0 aromatic rings. The van der Waals surface area contributed by atoms with Crippen molar-refractivity contribution in [3.8, 4) is 0 Å². The Kier molecular flexibility index (Phi) is 5.17. The van der Waals surface area contributed by atoms with Gasteiger partial charge in [-0.05, 0) is 0 Å². The van der Waals surface area contributed by atoms with Gasteiger partial charge in [-0.15, -0.1) is 0 Å². The van der Waals surface area contributed by atoms with E-state index in [9.17, 15) is 4.79 Å². The van der Waals surface area contributed by atoms with E-state index in [0.29, 0.717) is 0 Å². The van der Waals surface area contributed by atoms with Crippen molar-refractivity contribution in [3.63, 3.8) is 0 Å². The molecule has 0 aliphatic carbocycles. The highest BCUT2D eigenvalue weighted by Crippen LogP contribution is 2.29. The van der Waals surface area contributed by atoms with Gasteiger partial charge in [0.2, 0.25) is 0 Å². The number of rotatable bonds is 4. The minimum atomic E-state index is -1.36. The number of hydrogen-bond donors (Lipinski definition) is 1. The third-order valence-electron chi connectivity index (χ3n) is 0.755. The zero-order valence-corrected chi connectivity index (χ0v) is 7.79. The summed E-state index contributed by atoms with van der Waals surface area (Å²) in [6, 6.07) is 0. The molecule has 6 heteroatoms. The van der Waals surface area contributed by atoms with E-state index < -0.39 is 9.76 Å². The van der Waals surface area contributed by atoms with Gasteiger partial charge in [-0.3, -0.25) is 0 Å². The van der Waals surface area contributed by atoms with Crippen LogP contribution in [-0.4, -0.2) is 28.1 Å². The van der Waals surface area contributed by atoms with Crippen molar-refractivity contribution >= 4 is 40.8 Å². The second-order valence-electron chi connectivity index (χ2n) is 1.81. The molecule has 0 saturated heterocycles. The van der Waals surface area contributed by atoms with Crippen LogP contribution in [0.4, 0.5) is 0 Å². The number of alkyl halides is 3. The van der Waals surface area contributed by atoms with E-state index in [1.807, 2.05) is 0 Å². The third kappa shape index (κ3) is 10.3. The fraction of sp³-hybridized carbons (Fsp3) is 0.800. The first-order valence-electron chi connectivity index (χ1n) is 2.78. The summed E-state index contributed by atoms with van der Waals surface area (Å²) in [4.78, 5) is 9.90. The van der Waals surface area contributed by atoms with Crippen LogP contribution in [0.1, 0.15) is 6.42 Å². The Balaban J connectivity index is 3.22. The quantitative estimate of drug-likeness (QED) is 0.582. The minimum Gasteiger partial charge on any atom is -0.480 e. The monoisotopic (exact) mass is 220 g/mol. The number of carboxylic acids is 1. The van der Waals surface area contributed by atoms with Gasteiger partial charge in [-0.1, -0.05) is 34.8 Å². The molecular weight excluding hydrogens is 214 g/mol. The Morgan fingerprint density at radius 3 is 2.36 bits per heavy atom. The van der Waals surface area contributed by atoms with Gasteiger partial charge >= 0.3 is 5.97 Å². The summed E-state index contributed by atoms with van der Waals surface area (Å²) in [6.07, 6.45) is 0.185. The van der Waals surface area contributed by atoms with Crippen LogP contribution in [0.3, 0.4) is 0 Å². The summed E-state index contributed by atoms with van der Waals surface area (Å²) in [5, 5.41) is 8.12. The normalized spacial score (nSPS) is 11.5. The summed E-state index contributed by atoms with van der Waals surface area (Å²) in [7, 11) is 0. The summed E-state index contributed by atoms with van der Waals surface area (Å²) < 4.78 is 3.26. The predicted molar refractivity (Wildman–Crippen MR) is 43.4 cm³/mol. The van der Waals surface area contributed by atoms with Crippen LogP contribution in [0.25, 0.3) is 0 Å². The Hall–Kier alpha value is 0.300. The summed E-state index contributed by atoms with van der Waals surface area (Å²) >= 11 is 16.1. The van der Waals surface area contributed by atoms with Crippen molar-refractivity contribution in [2.75, 3.05) is 13.2 Å². The van der Waals surface area contributed by atoms with Crippen molar-refractivity contribution < 1.29 is 14.6 Å². The molecule has 0 radical (unpaired) electrons. The molecule has 3 nitrogen and oxygen atoms in total. The first kappa shape index (κ1) is 11.3. The van der Waals surface area contributed by atoms with E-state index in [4.69, 9.17) is 39.9 Å². The second-order valence-corrected chi connectivity index (χ2v) is 4.33. The van der Waals surface area contributed by atoms with Crippen LogP contribution in [0, 0.1) is 0 Å². The molecule has 0 aromatic heterocycles. The van der Waals surface area contributed by atoms with Crippen LogP contribution in [-0.2, 0) is 9.53 Å². The largest absolute Gasteiger partial charge is 0.480 e. The zero-order chi connectivity index (χ0) is 8.91. The van der Waals surface area contributed by atoms with Gasteiger partial charge in [0.25, 0.3) is 0 Å². The topological polar surface area (TPSA) is 46.5 Å². The smallest absolute Gasteiger partial charge is 0.329 e. The molecule has 0 unspecified atom stereocenters. The highest BCUT2D eigenvalue weighted by atomic mass is 35.6. The molecule has 0 aliphatic heterocycles. The van der Waals surface area contributed by atoms with Gasteiger partial charge in [0.05, 0.1) is 6.61 Å². The van der Waals surface area contributed by atoms with Crippen LogP contribution < -0.4 is 0 Å². The van der Waals surface area contributed by atoms with Crippen LogP contribution >= 0.6 is 34.8 Å². The number of carbonyl (C=O) groups is 1. The van der Waals surface area contributed by atoms with Gasteiger partial charge in [0, 0.05) is 6.42 Å². The number of halogens is 3. The molecule has 11 heavy (non-hydrogen) atoms. The SMILES string of the molecule is O=C(O)COCCC(Cl)(Cl)Cl. The average molecular weight is 221 g/mol. The lowest BCUT2D eigenvalue weighted by molar-refractivity contribution is -0.142. The van der Waals surface area contributed by atoms with Crippen molar-refractivity contribution in [3.05, 3.63) is 0 Å². The van der Waals surface area contributed by atoms with E-state index in [-0.39, 0.29) is 19.6 Å². The van der Waals surface area contributed by atoms with Crippen molar-refractivity contribution in [1.29, 1.82) is 0 Å². The highest BCUT2D eigenvalue weighted by Gasteiger charge is 2.18. The molecule has 0 spiro atoms. The highest BCUT2D eigenvalue weighted by molar-refractivity contribution is 6.67. The van der Waals surface area contributed by atoms with Gasteiger partial charge in [-0.25, -0.2) is 4.79 Å². The van der Waals surface area contributed by atoms with E-state index >= 15 is 0 Å². The van der Waals surface area contributed by atoms with Gasteiger partial charge < -0.3 is 9.84 Å². The maximum absolute atomic E-state index is 9.90. The molecule has 0 heterocycles. The Morgan fingerprint density at radius 2 is 2.00 bits per heavy atom. The lowest BCUT2D eigenvalue weighted by atomic mass is 10.5. The summed E-state index contributed by atoms with van der Waals surface area (Å²) in [5.74, 6) is -1.03.